The fourth-order valence-electron chi connectivity index (χ4n) is 3.02. The van der Waals surface area contributed by atoms with E-state index in [4.69, 9.17) is 4.42 Å². The summed E-state index contributed by atoms with van der Waals surface area (Å²) in [4.78, 5) is 20.2. The summed E-state index contributed by atoms with van der Waals surface area (Å²) in [6, 6.07) is 0.703. The number of imidazole rings is 1. The molecule has 0 unspecified atom stereocenters. The molecule has 14 heteroatoms. The van der Waals surface area contributed by atoms with Crippen molar-refractivity contribution >= 4 is 11.6 Å². The molecule has 30 heavy (non-hydrogen) atoms. The lowest BCUT2D eigenvalue weighted by atomic mass is 10.1. The van der Waals surface area contributed by atoms with Crippen molar-refractivity contribution in [2.75, 3.05) is 13.1 Å². The van der Waals surface area contributed by atoms with Crippen molar-refractivity contribution in [2.24, 2.45) is 0 Å². The Morgan fingerprint density at radius 2 is 1.77 bits per heavy atom. The maximum Gasteiger partial charge on any atom is 0.417 e. The summed E-state index contributed by atoms with van der Waals surface area (Å²) in [6.07, 6.45) is -10.2. The molecular formula is C16H9F7N4O3. The SMILES string of the molecule is O=C(c1cnc2c(-c3cnco3)cc(C(F)(F)F)cn12)N1CC(F)(F)OC(F)(F)C1. The van der Waals surface area contributed by atoms with E-state index in [0.717, 1.165) is 18.8 Å². The van der Waals surface area contributed by atoms with Gasteiger partial charge in [-0.15, -0.1) is 0 Å². The highest BCUT2D eigenvalue weighted by Gasteiger charge is 2.53. The van der Waals surface area contributed by atoms with E-state index in [1.807, 2.05) is 0 Å². The van der Waals surface area contributed by atoms with Crippen LogP contribution in [-0.4, -0.2) is 50.5 Å². The molecule has 1 aliphatic heterocycles. The van der Waals surface area contributed by atoms with E-state index in [0.29, 0.717) is 16.7 Å². The number of rotatable bonds is 2. The Hall–Kier alpha value is -3.16. The minimum absolute atomic E-state index is 0.0847. The van der Waals surface area contributed by atoms with Gasteiger partial charge in [-0.3, -0.25) is 13.9 Å². The number of amides is 1. The lowest BCUT2D eigenvalue weighted by Crippen LogP contribution is -2.56. The van der Waals surface area contributed by atoms with Crippen LogP contribution in [-0.2, 0) is 10.9 Å². The van der Waals surface area contributed by atoms with E-state index in [-0.39, 0.29) is 21.9 Å². The van der Waals surface area contributed by atoms with Crippen molar-refractivity contribution in [3.05, 3.63) is 42.3 Å². The zero-order valence-corrected chi connectivity index (χ0v) is 14.5. The summed E-state index contributed by atoms with van der Waals surface area (Å²) in [5, 5.41) is 0. The highest BCUT2D eigenvalue weighted by atomic mass is 19.4. The summed E-state index contributed by atoms with van der Waals surface area (Å²) < 4.78 is 103. The first-order valence-corrected chi connectivity index (χ1v) is 8.09. The molecule has 1 fully saturated rings. The number of hydrogen-bond donors (Lipinski definition) is 0. The highest BCUT2D eigenvalue weighted by molar-refractivity contribution is 5.94. The number of fused-ring (bicyclic) bond motifs is 1. The summed E-state index contributed by atoms with van der Waals surface area (Å²) in [6.45, 7) is -3.02. The van der Waals surface area contributed by atoms with Crippen LogP contribution in [0, 0.1) is 0 Å². The second-order valence-corrected chi connectivity index (χ2v) is 6.38. The molecule has 1 aliphatic rings. The summed E-state index contributed by atoms with van der Waals surface area (Å²) in [7, 11) is 0. The van der Waals surface area contributed by atoms with E-state index in [1.54, 1.807) is 0 Å². The number of aromatic nitrogens is 3. The molecule has 0 spiro atoms. The van der Waals surface area contributed by atoms with Crippen LogP contribution in [0.5, 0.6) is 0 Å². The van der Waals surface area contributed by atoms with Crippen molar-refractivity contribution in [2.45, 2.75) is 18.4 Å². The molecule has 0 N–H and O–H groups in total. The number of ether oxygens (including phenoxy) is 1. The molecule has 7 nitrogen and oxygen atoms in total. The number of pyridine rings is 1. The smallest absolute Gasteiger partial charge is 0.417 e. The first kappa shape index (κ1) is 20.1. The minimum Gasteiger partial charge on any atom is -0.443 e. The molecule has 0 bridgehead atoms. The van der Waals surface area contributed by atoms with Gasteiger partial charge in [0.25, 0.3) is 5.91 Å². The van der Waals surface area contributed by atoms with Gasteiger partial charge in [-0.05, 0) is 6.07 Å². The zero-order chi connectivity index (χ0) is 21.9. The fourth-order valence-corrected chi connectivity index (χ4v) is 3.02. The molecular weight excluding hydrogens is 429 g/mol. The van der Waals surface area contributed by atoms with Crippen LogP contribution in [0.2, 0.25) is 0 Å². The van der Waals surface area contributed by atoms with Crippen LogP contribution in [0.3, 0.4) is 0 Å². The molecule has 1 amide bonds. The largest absolute Gasteiger partial charge is 0.443 e. The van der Waals surface area contributed by atoms with E-state index >= 15 is 0 Å². The molecule has 0 aliphatic carbocycles. The molecule has 4 heterocycles. The third kappa shape index (κ3) is 3.58. The second-order valence-electron chi connectivity index (χ2n) is 6.38. The molecule has 1 saturated heterocycles. The topological polar surface area (TPSA) is 72.9 Å². The molecule has 4 rings (SSSR count). The quantitative estimate of drug-likeness (QED) is 0.571. The van der Waals surface area contributed by atoms with Crippen LogP contribution < -0.4 is 0 Å². The first-order valence-electron chi connectivity index (χ1n) is 8.09. The van der Waals surface area contributed by atoms with Crippen molar-refractivity contribution in [1.82, 2.24) is 19.3 Å². The number of hydrogen-bond acceptors (Lipinski definition) is 5. The van der Waals surface area contributed by atoms with Crippen molar-refractivity contribution < 1.29 is 44.7 Å². The Balaban J connectivity index is 1.84. The second kappa shape index (κ2) is 6.42. The van der Waals surface area contributed by atoms with Gasteiger partial charge in [0.2, 0.25) is 0 Å². The highest BCUT2D eigenvalue weighted by Crippen LogP contribution is 2.36. The lowest BCUT2D eigenvalue weighted by molar-refractivity contribution is -0.400. The maximum atomic E-state index is 13.4. The Morgan fingerprint density at radius 1 is 1.10 bits per heavy atom. The van der Waals surface area contributed by atoms with Crippen LogP contribution >= 0.6 is 0 Å². The van der Waals surface area contributed by atoms with Gasteiger partial charge < -0.3 is 9.32 Å². The predicted octanol–water partition coefficient (Wildman–Crippen LogP) is 3.67. The first-order chi connectivity index (χ1) is 13.9. The Labute approximate surface area is 161 Å². The number of oxazole rings is 1. The van der Waals surface area contributed by atoms with Gasteiger partial charge >= 0.3 is 18.4 Å². The number of carbonyl (C=O) groups is 1. The molecule has 160 valence electrons. The van der Waals surface area contributed by atoms with Crippen molar-refractivity contribution in [1.29, 1.82) is 0 Å². The summed E-state index contributed by atoms with van der Waals surface area (Å²) in [5.74, 6) is -1.49. The lowest BCUT2D eigenvalue weighted by Gasteiger charge is -2.36. The number of halogens is 7. The number of alkyl halides is 7. The summed E-state index contributed by atoms with van der Waals surface area (Å²) >= 11 is 0. The fraction of sp³-hybridized carbons (Fsp3) is 0.312. The monoisotopic (exact) mass is 438 g/mol. The Morgan fingerprint density at radius 3 is 2.33 bits per heavy atom. The van der Waals surface area contributed by atoms with Crippen LogP contribution in [0.15, 0.2) is 35.5 Å². The third-order valence-electron chi connectivity index (χ3n) is 4.19. The average Bonchev–Trinajstić information content (AvgIpc) is 3.26. The molecule has 3 aromatic heterocycles. The predicted molar refractivity (Wildman–Crippen MR) is 82.6 cm³/mol. The van der Waals surface area contributed by atoms with E-state index in [9.17, 15) is 35.5 Å². The van der Waals surface area contributed by atoms with Gasteiger partial charge in [0.15, 0.2) is 12.2 Å². The molecule has 0 aromatic carbocycles. The average molecular weight is 438 g/mol. The Bertz CT molecular complexity index is 1090. The maximum absolute atomic E-state index is 13.4. The van der Waals surface area contributed by atoms with E-state index in [1.165, 1.54) is 0 Å². The van der Waals surface area contributed by atoms with Gasteiger partial charge in [0.1, 0.15) is 24.4 Å². The number of carbonyl (C=O) groups excluding carboxylic acids is 1. The molecule has 0 radical (unpaired) electrons. The molecule has 0 atom stereocenters. The molecule has 0 saturated carbocycles. The van der Waals surface area contributed by atoms with Gasteiger partial charge in [-0.2, -0.15) is 30.7 Å². The standard InChI is InChI=1S/C16H9F7N4O3/c17-14(18)5-26(6-15(19,20)30-14)13(28)10-2-25-12-9(11-3-24-7-29-11)1-8(4-27(10)12)16(21,22)23/h1-4,7H,5-6H2. The third-order valence-corrected chi connectivity index (χ3v) is 4.19. The number of morpholine rings is 1. The minimum atomic E-state index is -4.85. The van der Waals surface area contributed by atoms with Gasteiger partial charge in [0, 0.05) is 6.20 Å². The van der Waals surface area contributed by atoms with Crippen LogP contribution in [0.1, 0.15) is 16.1 Å². The van der Waals surface area contributed by atoms with E-state index < -0.39 is 48.6 Å². The Kier molecular flexibility index (Phi) is 4.31. The number of nitrogens with zero attached hydrogens (tertiary/aromatic N) is 4. The van der Waals surface area contributed by atoms with E-state index in [2.05, 4.69) is 14.7 Å². The van der Waals surface area contributed by atoms with Crippen molar-refractivity contribution in [3.8, 4) is 11.3 Å². The van der Waals surface area contributed by atoms with Gasteiger partial charge in [-0.1, -0.05) is 0 Å². The van der Waals surface area contributed by atoms with Crippen molar-refractivity contribution in [3.63, 3.8) is 0 Å². The normalized spacial score (nSPS) is 18.7. The summed E-state index contributed by atoms with van der Waals surface area (Å²) in [5.41, 5.74) is -2.25. The van der Waals surface area contributed by atoms with Crippen LogP contribution in [0.4, 0.5) is 30.7 Å². The molecule has 3 aromatic rings. The zero-order valence-electron chi connectivity index (χ0n) is 14.5. The van der Waals surface area contributed by atoms with Gasteiger partial charge in [0.05, 0.1) is 23.5 Å². The van der Waals surface area contributed by atoms with Gasteiger partial charge in [-0.25, -0.2) is 9.97 Å². The van der Waals surface area contributed by atoms with Crippen LogP contribution in [0.25, 0.3) is 17.0 Å².